The second-order valence-corrected chi connectivity index (χ2v) is 7.73. The molecule has 0 aromatic heterocycles. The molecule has 0 radical (unpaired) electrons. The summed E-state index contributed by atoms with van der Waals surface area (Å²) in [6.45, 7) is 2.06. The first-order valence-corrected chi connectivity index (χ1v) is 10.8. The Morgan fingerprint density at radius 3 is 2.13 bits per heavy atom. The van der Waals surface area contributed by atoms with E-state index < -0.39 is 0 Å². The lowest BCUT2D eigenvalue weighted by molar-refractivity contribution is 0.650. The molecule has 2 aromatic rings. The molecule has 6 nitrogen and oxygen atoms in total. The van der Waals surface area contributed by atoms with Crippen LogP contribution >= 0.6 is 23.2 Å². The molecule has 2 rings (SSSR count). The van der Waals surface area contributed by atoms with Crippen LogP contribution in [0.3, 0.4) is 0 Å². The molecule has 5 N–H and O–H groups in total. The van der Waals surface area contributed by atoms with Crippen LogP contribution in [0.4, 0.5) is 11.4 Å². The number of benzene rings is 2. The van der Waals surface area contributed by atoms with Crippen molar-refractivity contribution in [1.82, 2.24) is 0 Å². The molecule has 0 bridgehead atoms. The van der Waals surface area contributed by atoms with Crippen molar-refractivity contribution in [2.24, 2.45) is 21.5 Å². The maximum absolute atomic E-state index is 6.06. The molecule has 0 saturated carbocycles. The van der Waals surface area contributed by atoms with Crippen LogP contribution in [0, 0.1) is 0 Å². The lowest BCUT2D eigenvalue weighted by Gasteiger charge is -2.23. The van der Waals surface area contributed by atoms with Crippen molar-refractivity contribution in [2.45, 2.75) is 25.7 Å². The molecule has 0 heterocycles. The summed E-state index contributed by atoms with van der Waals surface area (Å²) in [5, 5.41) is 4.64. The normalized spacial score (nSPS) is 12.1. The number of guanidine groups is 1. The highest BCUT2D eigenvalue weighted by Gasteiger charge is 2.09. The third-order valence-corrected chi connectivity index (χ3v) is 5.07. The minimum atomic E-state index is 0.503. The van der Waals surface area contributed by atoms with Crippen molar-refractivity contribution < 1.29 is 0 Å². The maximum atomic E-state index is 6.06. The quantitative estimate of drug-likeness (QED) is 0.262. The molecule has 162 valence electrons. The summed E-state index contributed by atoms with van der Waals surface area (Å²) < 4.78 is 0. The van der Waals surface area contributed by atoms with Crippen molar-refractivity contribution in [3.05, 3.63) is 58.6 Å². The number of rotatable bonds is 11. The second kappa shape index (κ2) is 13.0. The van der Waals surface area contributed by atoms with Crippen LogP contribution in [-0.4, -0.2) is 38.5 Å². The van der Waals surface area contributed by atoms with E-state index in [9.17, 15) is 0 Å². The monoisotopic (exact) mass is 448 g/mol. The SMILES string of the molecule is CN=C(N)N(CCCCCCN=C(N)CNc1ccc(Cl)cc1)c1ccc(Cl)cc1. The summed E-state index contributed by atoms with van der Waals surface area (Å²) in [6.07, 6.45) is 4.18. The van der Waals surface area contributed by atoms with Gasteiger partial charge in [0.05, 0.1) is 6.54 Å². The van der Waals surface area contributed by atoms with Crippen LogP contribution in [0.5, 0.6) is 0 Å². The van der Waals surface area contributed by atoms with Crippen molar-refractivity contribution >= 4 is 46.4 Å². The Labute approximate surface area is 189 Å². The van der Waals surface area contributed by atoms with Crippen molar-refractivity contribution in [3.63, 3.8) is 0 Å². The molecule has 0 spiro atoms. The van der Waals surface area contributed by atoms with Gasteiger partial charge in [-0.15, -0.1) is 0 Å². The first kappa shape index (κ1) is 23.8. The van der Waals surface area contributed by atoms with E-state index in [1.165, 1.54) is 0 Å². The summed E-state index contributed by atoms with van der Waals surface area (Å²) in [5.74, 6) is 1.11. The number of hydrogen-bond acceptors (Lipinski definition) is 3. The van der Waals surface area contributed by atoms with E-state index in [1.807, 2.05) is 53.4 Å². The molecule has 0 aliphatic carbocycles. The van der Waals surface area contributed by atoms with E-state index in [0.29, 0.717) is 28.4 Å². The Morgan fingerprint density at radius 2 is 1.50 bits per heavy atom. The highest BCUT2D eigenvalue weighted by atomic mass is 35.5. The van der Waals surface area contributed by atoms with Gasteiger partial charge in [0.15, 0.2) is 5.96 Å². The first-order valence-electron chi connectivity index (χ1n) is 10.0. The van der Waals surface area contributed by atoms with Gasteiger partial charge >= 0.3 is 0 Å². The van der Waals surface area contributed by atoms with E-state index in [0.717, 1.165) is 50.1 Å². The van der Waals surface area contributed by atoms with Crippen LogP contribution in [0.25, 0.3) is 0 Å². The van der Waals surface area contributed by atoms with E-state index in [-0.39, 0.29) is 0 Å². The predicted octanol–water partition coefficient (Wildman–Crippen LogP) is 4.77. The summed E-state index contributed by atoms with van der Waals surface area (Å²) in [6, 6.07) is 15.1. The van der Waals surface area contributed by atoms with Crippen molar-refractivity contribution in [1.29, 1.82) is 0 Å². The number of anilines is 2. The summed E-state index contributed by atoms with van der Waals surface area (Å²) >= 11 is 11.9. The average molecular weight is 449 g/mol. The zero-order chi connectivity index (χ0) is 21.8. The highest BCUT2D eigenvalue weighted by molar-refractivity contribution is 6.30. The van der Waals surface area contributed by atoms with Gasteiger partial charge < -0.3 is 21.7 Å². The van der Waals surface area contributed by atoms with E-state index >= 15 is 0 Å². The minimum Gasteiger partial charge on any atom is -0.386 e. The Kier molecular flexibility index (Phi) is 10.3. The predicted molar refractivity (Wildman–Crippen MR) is 131 cm³/mol. The lowest BCUT2D eigenvalue weighted by Crippen LogP contribution is -2.38. The number of nitrogens with zero attached hydrogens (tertiary/aromatic N) is 3. The molecule has 0 aliphatic rings. The van der Waals surface area contributed by atoms with Gasteiger partial charge in [-0.2, -0.15) is 0 Å². The Morgan fingerprint density at radius 1 is 0.900 bits per heavy atom. The fourth-order valence-electron chi connectivity index (χ4n) is 2.89. The third kappa shape index (κ3) is 8.51. The zero-order valence-corrected chi connectivity index (χ0v) is 18.8. The smallest absolute Gasteiger partial charge is 0.195 e. The van der Waals surface area contributed by atoms with Gasteiger partial charge in [0.1, 0.15) is 5.84 Å². The third-order valence-electron chi connectivity index (χ3n) is 4.57. The van der Waals surface area contributed by atoms with Gasteiger partial charge in [0.25, 0.3) is 0 Å². The molecule has 30 heavy (non-hydrogen) atoms. The van der Waals surface area contributed by atoms with Crippen molar-refractivity contribution in [3.8, 4) is 0 Å². The maximum Gasteiger partial charge on any atom is 0.195 e. The van der Waals surface area contributed by atoms with E-state index in [2.05, 4.69) is 15.3 Å². The number of amidine groups is 1. The van der Waals surface area contributed by atoms with E-state index in [1.54, 1.807) is 7.05 Å². The number of nitrogens with two attached hydrogens (primary N) is 2. The van der Waals surface area contributed by atoms with Gasteiger partial charge in [-0.3, -0.25) is 9.98 Å². The standard InChI is InChI=1S/C22H30Cl2N6/c1-27-22(26)30(20-12-8-18(24)9-13-20)15-5-3-2-4-14-28-21(25)16-29-19-10-6-17(23)7-11-19/h6-13,29H,2-5,14-16H2,1H3,(H2,25,28)(H2,26,27). The molecule has 2 aromatic carbocycles. The van der Waals surface area contributed by atoms with E-state index in [4.69, 9.17) is 34.7 Å². The summed E-state index contributed by atoms with van der Waals surface area (Å²) in [5.41, 5.74) is 14.0. The summed E-state index contributed by atoms with van der Waals surface area (Å²) in [7, 11) is 1.70. The lowest BCUT2D eigenvalue weighted by atomic mass is 10.2. The minimum absolute atomic E-state index is 0.503. The molecule has 0 saturated heterocycles. The molecule has 0 atom stereocenters. The Bertz CT molecular complexity index is 819. The topological polar surface area (TPSA) is 92.0 Å². The Hall–Kier alpha value is -2.44. The average Bonchev–Trinajstić information content (AvgIpc) is 2.75. The van der Waals surface area contributed by atoms with Crippen LogP contribution in [0.1, 0.15) is 25.7 Å². The number of nitrogens with one attached hydrogen (secondary N) is 1. The molecule has 8 heteroatoms. The fraction of sp³-hybridized carbons (Fsp3) is 0.364. The van der Waals surface area contributed by atoms with Crippen LogP contribution in [0.2, 0.25) is 10.0 Å². The highest BCUT2D eigenvalue weighted by Crippen LogP contribution is 2.19. The van der Waals surface area contributed by atoms with Gasteiger partial charge in [0, 0.05) is 41.6 Å². The van der Waals surface area contributed by atoms with Crippen LogP contribution in [-0.2, 0) is 0 Å². The van der Waals surface area contributed by atoms with Gasteiger partial charge in [-0.25, -0.2) is 0 Å². The molecule has 0 fully saturated rings. The first-order chi connectivity index (χ1) is 14.5. The molecule has 0 aliphatic heterocycles. The van der Waals surface area contributed by atoms with Crippen LogP contribution < -0.4 is 21.7 Å². The van der Waals surface area contributed by atoms with Gasteiger partial charge in [-0.05, 0) is 61.4 Å². The van der Waals surface area contributed by atoms with Crippen LogP contribution in [0.15, 0.2) is 58.5 Å². The van der Waals surface area contributed by atoms with Crippen molar-refractivity contribution in [2.75, 3.05) is 36.9 Å². The Balaban J connectivity index is 1.65. The fourth-order valence-corrected chi connectivity index (χ4v) is 3.14. The molecular weight excluding hydrogens is 419 g/mol. The largest absolute Gasteiger partial charge is 0.386 e. The second-order valence-electron chi connectivity index (χ2n) is 6.86. The van der Waals surface area contributed by atoms with Gasteiger partial charge in [0.2, 0.25) is 0 Å². The number of aliphatic imine (C=N–C) groups is 2. The number of halogens is 2. The zero-order valence-electron chi connectivity index (χ0n) is 17.3. The molecular formula is C22H30Cl2N6. The number of unbranched alkanes of at least 4 members (excludes halogenated alkanes) is 3. The summed E-state index contributed by atoms with van der Waals surface area (Å²) in [4.78, 5) is 10.6. The molecule has 0 amide bonds. The van der Waals surface area contributed by atoms with Gasteiger partial charge in [-0.1, -0.05) is 36.0 Å². The molecule has 0 unspecified atom stereocenters. The number of hydrogen-bond donors (Lipinski definition) is 3.